The molecule has 4 heteroatoms. The predicted molar refractivity (Wildman–Crippen MR) is 70.7 cm³/mol. The van der Waals surface area contributed by atoms with E-state index in [4.69, 9.17) is 5.73 Å². The molecule has 2 aromatic carbocycles. The van der Waals surface area contributed by atoms with Gasteiger partial charge in [-0.1, -0.05) is 24.3 Å². The second kappa shape index (κ2) is 5.31. The number of nitrogens with zero attached hydrogens (tertiary/aromatic N) is 1. The highest BCUT2D eigenvalue weighted by atomic mass is 19.3. The van der Waals surface area contributed by atoms with Crippen LogP contribution in [0.15, 0.2) is 36.4 Å². The zero-order valence-electron chi connectivity index (χ0n) is 10.2. The third-order valence-electron chi connectivity index (χ3n) is 2.90. The first-order chi connectivity index (χ1) is 8.56. The molecule has 0 aliphatic rings. The Labute approximate surface area is 105 Å². The Morgan fingerprint density at radius 3 is 2.39 bits per heavy atom. The fraction of sp³-hybridized carbons (Fsp3) is 0.286. The maximum atomic E-state index is 12.3. The lowest BCUT2D eigenvalue weighted by Gasteiger charge is -2.17. The number of nitrogen functional groups attached to an aromatic ring is 1. The molecule has 0 saturated carbocycles. The van der Waals surface area contributed by atoms with Crippen molar-refractivity contribution in [2.75, 3.05) is 19.3 Å². The van der Waals surface area contributed by atoms with Crippen LogP contribution >= 0.6 is 0 Å². The molecule has 18 heavy (non-hydrogen) atoms. The van der Waals surface area contributed by atoms with Gasteiger partial charge in [0.05, 0.1) is 6.54 Å². The summed E-state index contributed by atoms with van der Waals surface area (Å²) in [6, 6.07) is 11.7. The Balaban J connectivity index is 2.25. The van der Waals surface area contributed by atoms with Gasteiger partial charge < -0.3 is 5.73 Å². The number of anilines is 1. The van der Waals surface area contributed by atoms with Crippen molar-refractivity contribution in [2.24, 2.45) is 0 Å². The molecule has 0 aromatic heterocycles. The van der Waals surface area contributed by atoms with Crippen LogP contribution in [-0.2, 0) is 6.54 Å². The van der Waals surface area contributed by atoms with Crippen LogP contribution in [-0.4, -0.2) is 24.9 Å². The van der Waals surface area contributed by atoms with Gasteiger partial charge in [0.25, 0.3) is 6.43 Å². The minimum atomic E-state index is -2.32. The third-order valence-corrected chi connectivity index (χ3v) is 2.90. The second-order valence-electron chi connectivity index (χ2n) is 4.49. The molecule has 2 nitrogen and oxygen atoms in total. The van der Waals surface area contributed by atoms with Crippen molar-refractivity contribution in [2.45, 2.75) is 13.0 Å². The van der Waals surface area contributed by atoms with Gasteiger partial charge >= 0.3 is 0 Å². The highest BCUT2D eigenvalue weighted by Crippen LogP contribution is 2.22. The molecular formula is C14H16F2N2. The summed E-state index contributed by atoms with van der Waals surface area (Å²) < 4.78 is 24.5. The van der Waals surface area contributed by atoms with Crippen molar-refractivity contribution in [3.8, 4) is 0 Å². The normalized spacial score (nSPS) is 11.6. The highest BCUT2D eigenvalue weighted by Gasteiger charge is 2.10. The molecule has 0 atom stereocenters. The number of rotatable bonds is 4. The first-order valence-electron chi connectivity index (χ1n) is 5.80. The van der Waals surface area contributed by atoms with Gasteiger partial charge in [-0.25, -0.2) is 8.78 Å². The molecule has 0 unspecified atom stereocenters. The van der Waals surface area contributed by atoms with Gasteiger partial charge in [0, 0.05) is 12.2 Å². The van der Waals surface area contributed by atoms with Crippen LogP contribution in [0.25, 0.3) is 10.8 Å². The van der Waals surface area contributed by atoms with Crippen molar-refractivity contribution in [1.29, 1.82) is 0 Å². The summed E-state index contributed by atoms with van der Waals surface area (Å²) in [6.07, 6.45) is -2.32. The summed E-state index contributed by atoms with van der Waals surface area (Å²) in [5, 5.41) is 2.14. The van der Waals surface area contributed by atoms with Gasteiger partial charge in [-0.3, -0.25) is 4.90 Å². The van der Waals surface area contributed by atoms with Crippen LogP contribution in [0, 0.1) is 0 Å². The van der Waals surface area contributed by atoms with Crippen LogP contribution in [0.4, 0.5) is 14.5 Å². The topological polar surface area (TPSA) is 29.3 Å². The van der Waals surface area contributed by atoms with E-state index < -0.39 is 6.43 Å². The third kappa shape index (κ3) is 2.96. The number of halogens is 2. The lowest BCUT2D eigenvalue weighted by Crippen LogP contribution is -2.24. The highest BCUT2D eigenvalue weighted by molar-refractivity contribution is 5.86. The number of hydrogen-bond acceptors (Lipinski definition) is 2. The molecule has 0 bridgehead atoms. The number of fused-ring (bicyclic) bond motifs is 1. The Morgan fingerprint density at radius 1 is 1.17 bits per heavy atom. The standard InChI is InChI=1S/C14H16F2N2/c1-18(9-14(15)16)8-12-6-10-4-2-3-5-11(10)7-13(12)17/h2-7,14H,8-9,17H2,1H3. The summed E-state index contributed by atoms with van der Waals surface area (Å²) in [5.74, 6) is 0. The second-order valence-corrected chi connectivity index (χ2v) is 4.49. The molecule has 2 rings (SSSR count). The van der Waals surface area contributed by atoms with E-state index in [0.29, 0.717) is 12.2 Å². The number of alkyl halides is 2. The van der Waals surface area contributed by atoms with Crippen molar-refractivity contribution in [1.82, 2.24) is 4.90 Å². The minimum absolute atomic E-state index is 0.244. The summed E-state index contributed by atoms with van der Waals surface area (Å²) in [7, 11) is 1.67. The molecule has 0 aliphatic carbocycles. The average molecular weight is 250 g/mol. The van der Waals surface area contributed by atoms with E-state index in [1.807, 2.05) is 36.4 Å². The Kier molecular flexibility index (Phi) is 3.77. The van der Waals surface area contributed by atoms with Gasteiger partial charge in [-0.2, -0.15) is 0 Å². The van der Waals surface area contributed by atoms with Crippen LogP contribution in [0.1, 0.15) is 5.56 Å². The van der Waals surface area contributed by atoms with Crippen LogP contribution in [0.3, 0.4) is 0 Å². The summed E-state index contributed by atoms with van der Waals surface area (Å²) in [4.78, 5) is 1.57. The summed E-state index contributed by atoms with van der Waals surface area (Å²) in [5.41, 5.74) is 7.49. The Bertz CT molecular complexity index is 540. The van der Waals surface area contributed by atoms with Gasteiger partial charge in [-0.15, -0.1) is 0 Å². The molecule has 2 aromatic rings. The summed E-state index contributed by atoms with van der Waals surface area (Å²) >= 11 is 0. The van der Waals surface area contributed by atoms with E-state index in [9.17, 15) is 8.78 Å². The van der Waals surface area contributed by atoms with Gasteiger partial charge in [0.1, 0.15) is 0 Å². The minimum Gasteiger partial charge on any atom is -0.398 e. The zero-order valence-corrected chi connectivity index (χ0v) is 10.2. The van der Waals surface area contributed by atoms with Crippen molar-refractivity contribution < 1.29 is 8.78 Å². The van der Waals surface area contributed by atoms with Gasteiger partial charge in [-0.05, 0) is 35.5 Å². The lowest BCUT2D eigenvalue weighted by molar-refractivity contribution is 0.0976. The largest absolute Gasteiger partial charge is 0.398 e. The number of nitrogens with two attached hydrogens (primary N) is 1. The first-order valence-corrected chi connectivity index (χ1v) is 5.80. The van der Waals surface area contributed by atoms with Crippen LogP contribution in [0.5, 0.6) is 0 Å². The van der Waals surface area contributed by atoms with E-state index in [2.05, 4.69) is 0 Å². The molecule has 2 N–H and O–H groups in total. The molecular weight excluding hydrogens is 234 g/mol. The monoisotopic (exact) mass is 250 g/mol. The molecule has 0 heterocycles. The number of benzene rings is 2. The van der Waals surface area contributed by atoms with E-state index >= 15 is 0 Å². The van der Waals surface area contributed by atoms with E-state index in [0.717, 1.165) is 16.3 Å². The summed E-state index contributed by atoms with van der Waals surface area (Å²) in [6.45, 7) is 0.188. The van der Waals surface area contributed by atoms with E-state index in [1.54, 1.807) is 11.9 Å². The fourth-order valence-electron chi connectivity index (χ4n) is 2.03. The quantitative estimate of drug-likeness (QED) is 0.845. The van der Waals surface area contributed by atoms with Gasteiger partial charge in [0.2, 0.25) is 0 Å². The smallest absolute Gasteiger partial charge is 0.251 e. The fourth-order valence-corrected chi connectivity index (χ4v) is 2.03. The SMILES string of the molecule is CN(Cc1cc2ccccc2cc1N)CC(F)F. The average Bonchev–Trinajstić information content (AvgIpc) is 2.29. The molecule has 0 spiro atoms. The molecule has 0 amide bonds. The molecule has 96 valence electrons. The van der Waals surface area contributed by atoms with E-state index in [1.165, 1.54) is 0 Å². The molecule has 0 aliphatic heterocycles. The first kappa shape index (κ1) is 12.8. The molecule has 0 saturated heterocycles. The maximum absolute atomic E-state index is 12.3. The predicted octanol–water partition coefficient (Wildman–Crippen LogP) is 3.12. The Morgan fingerprint density at radius 2 is 1.78 bits per heavy atom. The molecule has 0 radical (unpaired) electrons. The maximum Gasteiger partial charge on any atom is 0.251 e. The zero-order chi connectivity index (χ0) is 13.1. The van der Waals surface area contributed by atoms with Crippen molar-refractivity contribution in [3.05, 3.63) is 42.0 Å². The number of hydrogen-bond donors (Lipinski definition) is 1. The van der Waals surface area contributed by atoms with Crippen molar-refractivity contribution >= 4 is 16.5 Å². The lowest BCUT2D eigenvalue weighted by atomic mass is 10.0. The van der Waals surface area contributed by atoms with Crippen LogP contribution < -0.4 is 5.73 Å². The van der Waals surface area contributed by atoms with Gasteiger partial charge in [0.15, 0.2) is 0 Å². The molecule has 0 fully saturated rings. The van der Waals surface area contributed by atoms with Crippen LogP contribution in [0.2, 0.25) is 0 Å². The van der Waals surface area contributed by atoms with Crippen molar-refractivity contribution in [3.63, 3.8) is 0 Å². The Hall–Kier alpha value is -1.68. The van der Waals surface area contributed by atoms with E-state index in [-0.39, 0.29) is 6.54 Å².